The lowest BCUT2D eigenvalue weighted by Crippen LogP contribution is -2.16. The number of nitrogens with zero attached hydrogens (tertiary/aromatic N) is 2. The molecule has 58 heavy (non-hydrogen) atoms. The summed E-state index contributed by atoms with van der Waals surface area (Å²) in [5, 5.41) is 7.20. The molecule has 2 heterocycles. The van der Waals surface area contributed by atoms with Gasteiger partial charge in [-0.05, 0) is 66.4 Å². The Labute approximate surface area is 338 Å². The van der Waals surface area contributed by atoms with E-state index in [9.17, 15) is 0 Å². The first-order valence-electron chi connectivity index (χ1n) is 20.4. The highest BCUT2D eigenvalue weighted by Gasteiger charge is 2.41. The van der Waals surface area contributed by atoms with Crippen LogP contribution in [0.25, 0.3) is 99.2 Å². The van der Waals surface area contributed by atoms with Gasteiger partial charge < -0.3 is 0 Å². The minimum Gasteiger partial charge on any atom is -0.247 e. The first kappa shape index (κ1) is 33.3. The van der Waals surface area contributed by atoms with Crippen LogP contribution in [0.15, 0.2) is 170 Å². The van der Waals surface area contributed by atoms with Gasteiger partial charge in [0, 0.05) is 43.5 Å². The molecular formula is C56H40N2. The predicted octanol–water partition coefficient (Wildman–Crippen LogP) is 14.7. The lowest BCUT2D eigenvalue weighted by molar-refractivity contribution is 0.661. The van der Waals surface area contributed by atoms with Crippen molar-refractivity contribution in [3.63, 3.8) is 0 Å². The zero-order valence-corrected chi connectivity index (χ0v) is 33.1. The normalized spacial score (nSPS) is 14.5. The van der Waals surface area contributed by atoms with Crippen molar-refractivity contribution in [2.24, 2.45) is 0 Å². The van der Waals surface area contributed by atoms with E-state index in [1.807, 2.05) is 0 Å². The quantitative estimate of drug-likeness (QED) is 0.169. The van der Waals surface area contributed by atoms with Crippen LogP contribution in [-0.4, -0.2) is 9.97 Å². The van der Waals surface area contributed by atoms with Gasteiger partial charge in [0.05, 0.1) is 22.4 Å². The average Bonchev–Trinajstić information content (AvgIpc) is 3.64. The Bertz CT molecular complexity index is 3140. The summed E-state index contributed by atoms with van der Waals surface area (Å²) in [5.41, 5.74) is 19.1. The summed E-state index contributed by atoms with van der Waals surface area (Å²) < 4.78 is 0. The van der Waals surface area contributed by atoms with Crippen molar-refractivity contribution in [2.75, 3.05) is 0 Å². The number of hydrogen-bond donors (Lipinski definition) is 0. The van der Waals surface area contributed by atoms with Crippen molar-refractivity contribution in [3.8, 4) is 55.9 Å². The van der Waals surface area contributed by atoms with Gasteiger partial charge in [0.1, 0.15) is 0 Å². The second kappa shape index (κ2) is 11.8. The molecule has 0 atom stereocenters. The Morgan fingerprint density at radius 1 is 0.328 bits per heavy atom. The van der Waals surface area contributed by atoms with Crippen molar-refractivity contribution >= 4 is 43.4 Å². The Morgan fingerprint density at radius 2 is 0.690 bits per heavy atom. The molecule has 2 heteroatoms. The van der Waals surface area contributed by atoms with E-state index in [-0.39, 0.29) is 10.8 Å². The molecule has 0 fully saturated rings. The molecule has 2 nitrogen and oxygen atoms in total. The van der Waals surface area contributed by atoms with E-state index in [4.69, 9.17) is 9.97 Å². The molecular weight excluding hydrogens is 701 g/mol. The van der Waals surface area contributed by atoms with Crippen molar-refractivity contribution < 1.29 is 0 Å². The second-order valence-corrected chi connectivity index (χ2v) is 17.3. The van der Waals surface area contributed by atoms with E-state index in [0.29, 0.717) is 0 Å². The van der Waals surface area contributed by atoms with Crippen LogP contribution >= 0.6 is 0 Å². The molecule has 274 valence electrons. The Kier molecular flexibility index (Phi) is 6.78. The summed E-state index contributed by atoms with van der Waals surface area (Å²) in [6.45, 7) is 9.43. The fraction of sp³-hybridized carbons (Fsp3) is 0.107. The van der Waals surface area contributed by atoms with Crippen LogP contribution in [0.5, 0.6) is 0 Å². The number of fused-ring (bicyclic) bond motifs is 12. The van der Waals surface area contributed by atoms with Gasteiger partial charge in [0.25, 0.3) is 0 Å². The molecule has 0 aliphatic heterocycles. The van der Waals surface area contributed by atoms with Gasteiger partial charge >= 0.3 is 0 Å². The SMILES string of the molecule is CC1(C)c2ccccc2-c2nc3c(ccc4ccccc43)c(-c3ccc(-c4ccc(-c5c6c(nc7c5ccc5ccccc57)-c5ccccc5C6(C)C)cc4)cc3)c21. The summed E-state index contributed by atoms with van der Waals surface area (Å²) in [6, 6.07) is 62.5. The van der Waals surface area contributed by atoms with E-state index in [1.165, 1.54) is 99.1 Å². The first-order chi connectivity index (χ1) is 28.3. The van der Waals surface area contributed by atoms with Crippen LogP contribution in [0, 0.1) is 0 Å². The van der Waals surface area contributed by atoms with Gasteiger partial charge in [-0.2, -0.15) is 0 Å². The van der Waals surface area contributed by atoms with Gasteiger partial charge in [-0.25, -0.2) is 9.97 Å². The molecule has 0 bridgehead atoms. The number of pyridine rings is 2. The molecule has 0 amide bonds. The van der Waals surface area contributed by atoms with Gasteiger partial charge in [-0.1, -0.05) is 198 Å². The molecule has 10 aromatic rings. The van der Waals surface area contributed by atoms with Gasteiger partial charge in [-0.3, -0.25) is 0 Å². The van der Waals surface area contributed by atoms with Crippen LogP contribution in [0.1, 0.15) is 49.9 Å². The van der Waals surface area contributed by atoms with Crippen LogP contribution in [0.2, 0.25) is 0 Å². The molecule has 2 aliphatic carbocycles. The molecule has 0 unspecified atom stereocenters. The van der Waals surface area contributed by atoms with Gasteiger partial charge in [0.15, 0.2) is 0 Å². The number of benzene rings is 8. The standard InChI is InChI=1S/C56H40N2/c1-55(2)45-19-11-9-17-41(45)53-49(55)47(43-31-29-35-13-5-7-15-39(35)51(43)57-53)37-25-21-33(22-26-37)34-23-27-38(28-24-34)48-44-32-30-36-14-6-8-16-40(36)52(44)58-54-42-18-10-12-20-46(42)56(3,4)50(48)54/h5-32H,1-4H3. The fourth-order valence-corrected chi connectivity index (χ4v) is 10.6. The van der Waals surface area contributed by atoms with E-state index in [2.05, 4.69) is 198 Å². The summed E-state index contributed by atoms with van der Waals surface area (Å²) in [4.78, 5) is 11.0. The van der Waals surface area contributed by atoms with E-state index < -0.39 is 0 Å². The number of aromatic nitrogens is 2. The molecule has 0 N–H and O–H groups in total. The molecule has 0 saturated heterocycles. The summed E-state index contributed by atoms with van der Waals surface area (Å²) in [7, 11) is 0. The smallest absolute Gasteiger partial charge is 0.0794 e. The zero-order valence-electron chi connectivity index (χ0n) is 33.1. The third-order valence-electron chi connectivity index (χ3n) is 13.4. The van der Waals surface area contributed by atoms with Gasteiger partial charge in [-0.15, -0.1) is 0 Å². The van der Waals surface area contributed by atoms with Crippen molar-refractivity contribution in [3.05, 3.63) is 192 Å². The Balaban J connectivity index is 1.00. The second-order valence-electron chi connectivity index (χ2n) is 17.3. The summed E-state index contributed by atoms with van der Waals surface area (Å²) in [5.74, 6) is 0. The van der Waals surface area contributed by atoms with Crippen LogP contribution in [-0.2, 0) is 10.8 Å². The Morgan fingerprint density at radius 3 is 1.12 bits per heavy atom. The highest BCUT2D eigenvalue weighted by molar-refractivity contribution is 6.14. The topological polar surface area (TPSA) is 25.8 Å². The monoisotopic (exact) mass is 740 g/mol. The average molecular weight is 741 g/mol. The maximum absolute atomic E-state index is 5.48. The third-order valence-corrected chi connectivity index (χ3v) is 13.4. The lowest BCUT2D eigenvalue weighted by atomic mass is 9.78. The van der Waals surface area contributed by atoms with Crippen molar-refractivity contribution in [1.82, 2.24) is 9.97 Å². The minimum atomic E-state index is -0.192. The van der Waals surface area contributed by atoms with Crippen molar-refractivity contribution in [2.45, 2.75) is 38.5 Å². The van der Waals surface area contributed by atoms with Crippen molar-refractivity contribution in [1.29, 1.82) is 0 Å². The van der Waals surface area contributed by atoms with Gasteiger partial charge in [0.2, 0.25) is 0 Å². The molecule has 12 rings (SSSR count). The van der Waals surface area contributed by atoms with Crippen LogP contribution in [0.4, 0.5) is 0 Å². The fourth-order valence-electron chi connectivity index (χ4n) is 10.6. The Hall–Kier alpha value is -6.90. The zero-order chi connectivity index (χ0) is 38.9. The van der Waals surface area contributed by atoms with E-state index >= 15 is 0 Å². The molecule has 0 saturated carbocycles. The van der Waals surface area contributed by atoms with Crippen LogP contribution < -0.4 is 0 Å². The summed E-state index contributed by atoms with van der Waals surface area (Å²) >= 11 is 0. The molecule has 8 aromatic carbocycles. The number of rotatable bonds is 3. The highest BCUT2D eigenvalue weighted by Crippen LogP contribution is 2.55. The molecule has 0 spiro atoms. The van der Waals surface area contributed by atoms with E-state index in [1.54, 1.807) is 0 Å². The molecule has 2 aromatic heterocycles. The maximum Gasteiger partial charge on any atom is 0.0794 e. The third kappa shape index (κ3) is 4.49. The predicted molar refractivity (Wildman–Crippen MR) is 243 cm³/mol. The van der Waals surface area contributed by atoms with E-state index in [0.717, 1.165) is 22.4 Å². The first-order valence-corrected chi connectivity index (χ1v) is 20.4. The largest absolute Gasteiger partial charge is 0.247 e. The molecule has 2 aliphatic rings. The minimum absolute atomic E-state index is 0.192. The lowest BCUT2D eigenvalue weighted by Gasteiger charge is -2.25. The van der Waals surface area contributed by atoms with Crippen LogP contribution in [0.3, 0.4) is 0 Å². The number of hydrogen-bond acceptors (Lipinski definition) is 2. The maximum atomic E-state index is 5.48. The molecule has 0 radical (unpaired) electrons. The summed E-state index contributed by atoms with van der Waals surface area (Å²) in [6.07, 6.45) is 0. The highest BCUT2D eigenvalue weighted by atomic mass is 14.7.